The molecule has 2 aromatic rings. The van der Waals surface area contributed by atoms with E-state index in [1.807, 2.05) is 24.3 Å². The van der Waals surface area contributed by atoms with Crippen molar-refractivity contribution in [2.45, 2.75) is 5.75 Å². The first-order chi connectivity index (χ1) is 8.29. The zero-order valence-electron chi connectivity index (χ0n) is 9.43. The number of H-pyrrole nitrogens is 1. The number of aromatic nitrogens is 2. The molecule has 0 bridgehead atoms. The van der Waals surface area contributed by atoms with Crippen LogP contribution in [0.15, 0.2) is 36.7 Å². The Morgan fingerprint density at radius 3 is 2.76 bits per heavy atom. The van der Waals surface area contributed by atoms with E-state index in [4.69, 9.17) is 0 Å². The summed E-state index contributed by atoms with van der Waals surface area (Å²) in [6, 6.07) is 7.58. The minimum Gasteiger partial charge on any atom is -0.331 e. The highest BCUT2D eigenvalue weighted by Gasteiger charge is 2.06. The fourth-order valence-corrected chi connectivity index (χ4v) is 1.96. The average molecular weight is 247 g/mol. The maximum absolute atomic E-state index is 11.8. The Morgan fingerprint density at radius 1 is 1.41 bits per heavy atom. The topological polar surface area (TPSA) is 57.8 Å². The molecular formula is C12H13N3OS. The van der Waals surface area contributed by atoms with Crippen molar-refractivity contribution in [3.63, 3.8) is 0 Å². The number of amides is 1. The summed E-state index contributed by atoms with van der Waals surface area (Å²) in [6.07, 6.45) is 5.31. The third kappa shape index (κ3) is 3.10. The molecule has 0 atom stereocenters. The predicted octanol–water partition coefficient (Wildman–Crippen LogP) is 2.53. The van der Waals surface area contributed by atoms with Crippen molar-refractivity contribution in [1.29, 1.82) is 0 Å². The summed E-state index contributed by atoms with van der Waals surface area (Å²) < 4.78 is 0. The number of rotatable bonds is 4. The van der Waals surface area contributed by atoms with Crippen LogP contribution < -0.4 is 5.32 Å². The minimum atomic E-state index is -0.157. The molecule has 4 nitrogen and oxygen atoms in total. The van der Waals surface area contributed by atoms with Crippen molar-refractivity contribution >= 4 is 23.6 Å². The summed E-state index contributed by atoms with van der Waals surface area (Å²) in [5.74, 6) is 1.26. The molecule has 0 unspecified atom stereocenters. The highest BCUT2D eigenvalue weighted by Crippen LogP contribution is 2.11. The van der Waals surface area contributed by atoms with Crippen LogP contribution >= 0.6 is 11.8 Å². The highest BCUT2D eigenvalue weighted by atomic mass is 32.2. The molecule has 0 spiro atoms. The highest BCUT2D eigenvalue weighted by molar-refractivity contribution is 7.97. The number of nitrogens with zero attached hydrogens (tertiary/aromatic N) is 1. The van der Waals surface area contributed by atoms with E-state index in [0.29, 0.717) is 11.5 Å². The largest absolute Gasteiger partial charge is 0.331 e. The number of nitrogens with one attached hydrogen (secondary N) is 2. The molecule has 88 valence electrons. The number of carbonyl (C=O) groups is 1. The van der Waals surface area contributed by atoms with Gasteiger partial charge in [0.1, 0.15) is 0 Å². The molecular weight excluding hydrogens is 234 g/mol. The Labute approximate surface area is 104 Å². The van der Waals surface area contributed by atoms with Crippen LogP contribution in [-0.2, 0) is 5.75 Å². The molecule has 5 heteroatoms. The molecule has 2 rings (SSSR count). The summed E-state index contributed by atoms with van der Waals surface area (Å²) in [5.41, 5.74) is 1.85. The SMILES string of the molecule is CSCc1ccc(C(=O)Nc2ncc[nH]2)cc1. The normalized spacial score (nSPS) is 10.2. The Hall–Kier alpha value is -1.75. The molecule has 0 aliphatic carbocycles. The van der Waals surface area contributed by atoms with Crippen LogP contribution in [0, 0.1) is 0 Å². The van der Waals surface area contributed by atoms with Crippen molar-refractivity contribution < 1.29 is 4.79 Å². The molecule has 0 saturated heterocycles. The van der Waals surface area contributed by atoms with Gasteiger partial charge in [0.2, 0.25) is 5.95 Å². The minimum absolute atomic E-state index is 0.157. The van der Waals surface area contributed by atoms with Gasteiger partial charge >= 0.3 is 0 Å². The second kappa shape index (κ2) is 5.54. The van der Waals surface area contributed by atoms with Gasteiger partial charge in [0.05, 0.1) is 0 Å². The fraction of sp³-hybridized carbons (Fsp3) is 0.167. The van der Waals surface area contributed by atoms with Gasteiger partial charge in [0.25, 0.3) is 5.91 Å². The molecule has 1 heterocycles. The van der Waals surface area contributed by atoms with Crippen LogP contribution in [0.2, 0.25) is 0 Å². The molecule has 0 radical (unpaired) electrons. The van der Waals surface area contributed by atoms with Crippen LogP contribution in [0.5, 0.6) is 0 Å². The lowest BCUT2D eigenvalue weighted by Gasteiger charge is -2.03. The predicted molar refractivity (Wildman–Crippen MR) is 70.2 cm³/mol. The summed E-state index contributed by atoms with van der Waals surface area (Å²) >= 11 is 1.76. The molecule has 1 aromatic heterocycles. The summed E-state index contributed by atoms with van der Waals surface area (Å²) in [6.45, 7) is 0. The Balaban J connectivity index is 2.04. The van der Waals surface area contributed by atoms with Gasteiger partial charge in [-0.3, -0.25) is 10.1 Å². The quantitative estimate of drug-likeness (QED) is 0.872. The number of hydrogen-bond donors (Lipinski definition) is 2. The second-order valence-electron chi connectivity index (χ2n) is 3.52. The maximum Gasteiger partial charge on any atom is 0.257 e. The van der Waals surface area contributed by atoms with Crippen LogP contribution in [0.4, 0.5) is 5.95 Å². The van der Waals surface area contributed by atoms with E-state index < -0.39 is 0 Å². The standard InChI is InChI=1S/C12H13N3OS/c1-17-8-9-2-4-10(5-3-9)11(16)15-12-13-6-7-14-12/h2-7H,8H2,1H3,(H2,13,14,15,16). The molecule has 1 amide bonds. The zero-order chi connectivity index (χ0) is 12.1. The fourth-order valence-electron chi connectivity index (χ4n) is 1.43. The number of thioether (sulfide) groups is 1. The number of anilines is 1. The molecule has 0 fully saturated rings. The maximum atomic E-state index is 11.8. The Morgan fingerprint density at radius 2 is 2.18 bits per heavy atom. The van der Waals surface area contributed by atoms with Crippen LogP contribution in [-0.4, -0.2) is 22.1 Å². The van der Waals surface area contributed by atoms with E-state index in [-0.39, 0.29) is 5.91 Å². The van der Waals surface area contributed by atoms with Crippen LogP contribution in [0.1, 0.15) is 15.9 Å². The van der Waals surface area contributed by atoms with Gasteiger partial charge in [-0.25, -0.2) is 4.98 Å². The summed E-state index contributed by atoms with van der Waals surface area (Å²) in [4.78, 5) is 18.6. The zero-order valence-corrected chi connectivity index (χ0v) is 10.3. The van der Waals surface area contributed by atoms with Gasteiger partial charge in [-0.1, -0.05) is 12.1 Å². The third-order valence-electron chi connectivity index (χ3n) is 2.26. The number of benzene rings is 1. The molecule has 0 aliphatic heterocycles. The lowest BCUT2D eigenvalue weighted by molar-refractivity contribution is 0.102. The van der Waals surface area contributed by atoms with Crippen molar-refractivity contribution in [2.75, 3.05) is 11.6 Å². The van der Waals surface area contributed by atoms with E-state index in [1.165, 1.54) is 5.56 Å². The van der Waals surface area contributed by atoms with Crippen molar-refractivity contribution in [3.05, 3.63) is 47.8 Å². The van der Waals surface area contributed by atoms with E-state index in [9.17, 15) is 4.79 Å². The molecule has 0 saturated carbocycles. The van der Waals surface area contributed by atoms with Crippen LogP contribution in [0.25, 0.3) is 0 Å². The molecule has 0 aliphatic rings. The number of carbonyl (C=O) groups excluding carboxylic acids is 1. The molecule has 1 aromatic carbocycles. The second-order valence-corrected chi connectivity index (χ2v) is 4.39. The van der Waals surface area contributed by atoms with Crippen molar-refractivity contribution in [2.24, 2.45) is 0 Å². The van der Waals surface area contributed by atoms with Crippen LogP contribution in [0.3, 0.4) is 0 Å². The Bertz CT molecular complexity index is 479. The van der Waals surface area contributed by atoms with E-state index in [1.54, 1.807) is 24.2 Å². The first-order valence-electron chi connectivity index (χ1n) is 5.18. The van der Waals surface area contributed by atoms with Gasteiger partial charge in [0.15, 0.2) is 0 Å². The van der Waals surface area contributed by atoms with Crippen molar-refractivity contribution in [1.82, 2.24) is 9.97 Å². The summed E-state index contributed by atoms with van der Waals surface area (Å²) in [5, 5.41) is 2.68. The first kappa shape index (κ1) is 11.7. The number of aromatic amines is 1. The lowest BCUT2D eigenvalue weighted by atomic mass is 10.1. The first-order valence-corrected chi connectivity index (χ1v) is 6.57. The van der Waals surface area contributed by atoms with E-state index >= 15 is 0 Å². The molecule has 17 heavy (non-hydrogen) atoms. The van der Waals surface area contributed by atoms with E-state index in [0.717, 1.165) is 5.75 Å². The van der Waals surface area contributed by atoms with Gasteiger partial charge in [-0.15, -0.1) is 0 Å². The number of hydrogen-bond acceptors (Lipinski definition) is 3. The smallest absolute Gasteiger partial charge is 0.257 e. The Kier molecular flexibility index (Phi) is 3.82. The average Bonchev–Trinajstić information content (AvgIpc) is 2.83. The lowest BCUT2D eigenvalue weighted by Crippen LogP contribution is -2.12. The number of imidazole rings is 1. The monoisotopic (exact) mass is 247 g/mol. The third-order valence-corrected chi connectivity index (χ3v) is 2.88. The van der Waals surface area contributed by atoms with Gasteiger partial charge in [-0.2, -0.15) is 11.8 Å². The van der Waals surface area contributed by atoms with Crippen molar-refractivity contribution in [3.8, 4) is 0 Å². The van der Waals surface area contributed by atoms with Gasteiger partial charge in [-0.05, 0) is 24.0 Å². The van der Waals surface area contributed by atoms with Gasteiger partial charge < -0.3 is 4.98 Å². The van der Waals surface area contributed by atoms with E-state index in [2.05, 4.69) is 21.5 Å². The van der Waals surface area contributed by atoms with Gasteiger partial charge in [0, 0.05) is 23.7 Å². The summed E-state index contributed by atoms with van der Waals surface area (Å²) in [7, 11) is 0. The molecule has 2 N–H and O–H groups in total.